The molecule has 1 heterocycles. The van der Waals surface area contributed by atoms with E-state index in [0.29, 0.717) is 24.1 Å². The van der Waals surface area contributed by atoms with E-state index in [1.807, 2.05) is 0 Å². The van der Waals surface area contributed by atoms with Crippen LogP contribution < -0.4 is 14.8 Å². The predicted molar refractivity (Wildman–Crippen MR) is 109 cm³/mol. The monoisotopic (exact) mass is 428 g/mol. The number of rotatable bonds is 8. The van der Waals surface area contributed by atoms with Crippen LogP contribution in [0.25, 0.3) is 0 Å². The first-order chi connectivity index (χ1) is 14.8. The molecule has 0 spiro atoms. The van der Waals surface area contributed by atoms with E-state index in [0.717, 1.165) is 17.7 Å². The minimum Gasteiger partial charge on any atom is -0.493 e. The number of hydrogen-bond acceptors (Lipinski definition) is 8. The number of esters is 1. The number of nitrogens with one attached hydrogen (secondary N) is 1. The van der Waals surface area contributed by atoms with Gasteiger partial charge in [-0.05, 0) is 37.1 Å². The Bertz CT molecular complexity index is 1060. The van der Waals surface area contributed by atoms with Gasteiger partial charge in [0.25, 0.3) is 5.69 Å². The molecule has 3 rings (SSSR count). The second-order valence-electron chi connectivity index (χ2n) is 6.63. The van der Waals surface area contributed by atoms with Crippen LogP contribution in [0.4, 0.5) is 11.4 Å². The molecular formula is C21H20N2O8. The van der Waals surface area contributed by atoms with Gasteiger partial charge in [-0.1, -0.05) is 0 Å². The summed E-state index contributed by atoms with van der Waals surface area (Å²) in [5, 5.41) is 14.1. The van der Waals surface area contributed by atoms with Gasteiger partial charge in [-0.15, -0.1) is 0 Å². The molecule has 0 saturated heterocycles. The van der Waals surface area contributed by atoms with Crippen LogP contribution in [0.1, 0.15) is 39.6 Å². The zero-order valence-electron chi connectivity index (χ0n) is 16.9. The van der Waals surface area contributed by atoms with Crippen LogP contribution in [0.3, 0.4) is 0 Å². The number of Topliss-reactive ketones (excluding diaryl/α,β-unsaturated/α-hetero) is 1. The zero-order valence-corrected chi connectivity index (χ0v) is 16.9. The van der Waals surface area contributed by atoms with Crippen LogP contribution in [-0.2, 0) is 16.0 Å². The number of nitrogens with zero attached hydrogens (tertiary/aromatic N) is 1. The number of carbonyl (C=O) groups is 3. The number of ketones is 1. The van der Waals surface area contributed by atoms with Gasteiger partial charge in [0, 0.05) is 23.7 Å². The SMILES string of the molecule is CCOc1cc([N+](=O)[O-])c(C(=O)OCC(=O)c2ccc3c(c2)CCC(=O)N3)cc1OC. The summed E-state index contributed by atoms with van der Waals surface area (Å²) in [6.45, 7) is 1.35. The quantitative estimate of drug-likeness (QED) is 0.294. The minimum atomic E-state index is -1.04. The molecule has 1 aliphatic rings. The van der Waals surface area contributed by atoms with Gasteiger partial charge < -0.3 is 19.5 Å². The summed E-state index contributed by atoms with van der Waals surface area (Å²) < 4.78 is 15.5. The van der Waals surface area contributed by atoms with Crippen molar-refractivity contribution in [2.75, 3.05) is 25.6 Å². The molecule has 0 radical (unpaired) electrons. The lowest BCUT2D eigenvalue weighted by Gasteiger charge is -2.17. The Hall–Kier alpha value is -3.95. The summed E-state index contributed by atoms with van der Waals surface area (Å²) in [6.07, 6.45) is 0.823. The van der Waals surface area contributed by atoms with E-state index in [4.69, 9.17) is 14.2 Å². The highest BCUT2D eigenvalue weighted by Gasteiger charge is 2.26. The molecule has 1 N–H and O–H groups in total. The van der Waals surface area contributed by atoms with Gasteiger partial charge in [0.15, 0.2) is 23.9 Å². The maximum atomic E-state index is 12.5. The van der Waals surface area contributed by atoms with Crippen LogP contribution in [0.15, 0.2) is 30.3 Å². The molecule has 0 bridgehead atoms. The number of fused-ring (bicyclic) bond motifs is 1. The van der Waals surface area contributed by atoms with Gasteiger partial charge in [-0.25, -0.2) is 4.79 Å². The Balaban J connectivity index is 1.76. The summed E-state index contributed by atoms with van der Waals surface area (Å²) in [4.78, 5) is 47.1. The molecule has 0 aromatic heterocycles. The molecule has 162 valence electrons. The molecule has 0 saturated carbocycles. The summed E-state index contributed by atoms with van der Waals surface area (Å²) in [7, 11) is 1.33. The lowest BCUT2D eigenvalue weighted by molar-refractivity contribution is -0.385. The molecule has 0 aliphatic carbocycles. The minimum absolute atomic E-state index is 0.0899. The van der Waals surface area contributed by atoms with Crippen molar-refractivity contribution >= 4 is 29.0 Å². The fraction of sp³-hybridized carbons (Fsp3) is 0.286. The number of hydrogen-bond donors (Lipinski definition) is 1. The number of carbonyl (C=O) groups excluding carboxylic acids is 3. The zero-order chi connectivity index (χ0) is 22.5. The summed E-state index contributed by atoms with van der Waals surface area (Å²) in [6, 6.07) is 7.00. The van der Waals surface area contributed by atoms with Crippen molar-refractivity contribution in [1.29, 1.82) is 0 Å². The normalized spacial score (nSPS) is 12.4. The van der Waals surface area contributed by atoms with Crippen LogP contribution in [0.5, 0.6) is 11.5 Å². The van der Waals surface area contributed by atoms with E-state index in [2.05, 4.69) is 5.32 Å². The highest BCUT2D eigenvalue weighted by molar-refractivity contribution is 6.02. The van der Waals surface area contributed by atoms with Crippen molar-refractivity contribution in [2.45, 2.75) is 19.8 Å². The average Bonchev–Trinajstić information content (AvgIpc) is 2.76. The molecule has 0 unspecified atom stereocenters. The molecule has 10 heteroatoms. The number of benzene rings is 2. The molecule has 31 heavy (non-hydrogen) atoms. The van der Waals surface area contributed by atoms with E-state index in [1.165, 1.54) is 13.2 Å². The van der Waals surface area contributed by atoms with Crippen molar-refractivity contribution < 1.29 is 33.5 Å². The summed E-state index contributed by atoms with van der Waals surface area (Å²) >= 11 is 0. The number of nitro benzene ring substituents is 1. The molecule has 2 aromatic rings. The fourth-order valence-electron chi connectivity index (χ4n) is 3.14. The van der Waals surface area contributed by atoms with Gasteiger partial charge >= 0.3 is 5.97 Å². The average molecular weight is 428 g/mol. The van der Waals surface area contributed by atoms with Crippen LogP contribution in [0.2, 0.25) is 0 Å². The third-order valence-corrected chi connectivity index (χ3v) is 4.66. The number of aryl methyl sites for hydroxylation is 1. The number of methoxy groups -OCH3 is 1. The van der Waals surface area contributed by atoms with Crippen LogP contribution in [-0.4, -0.2) is 42.9 Å². The van der Waals surface area contributed by atoms with Crippen molar-refractivity contribution in [3.8, 4) is 11.5 Å². The molecule has 2 aromatic carbocycles. The lowest BCUT2D eigenvalue weighted by atomic mass is 9.99. The van der Waals surface area contributed by atoms with Gasteiger partial charge in [-0.2, -0.15) is 0 Å². The van der Waals surface area contributed by atoms with Gasteiger partial charge in [-0.3, -0.25) is 19.7 Å². The predicted octanol–water partition coefficient (Wildman–Crippen LogP) is 2.93. The molecule has 1 amide bonds. The number of ether oxygens (including phenoxy) is 3. The third-order valence-electron chi connectivity index (χ3n) is 4.66. The number of amides is 1. The Labute approximate surface area is 177 Å². The highest BCUT2D eigenvalue weighted by atomic mass is 16.6. The third kappa shape index (κ3) is 4.80. The topological polar surface area (TPSA) is 134 Å². The number of nitro groups is 1. The van der Waals surface area contributed by atoms with E-state index in [-0.39, 0.29) is 29.6 Å². The molecule has 1 aliphatic heterocycles. The van der Waals surface area contributed by atoms with Crippen molar-refractivity contribution in [2.24, 2.45) is 0 Å². The standard InChI is InChI=1S/C21H20N2O8/c1-3-30-19-10-16(23(27)28)14(9-18(19)29-2)21(26)31-11-17(24)13-4-6-15-12(8-13)5-7-20(25)22-15/h4,6,8-10H,3,5,7,11H2,1-2H3,(H,22,25). The van der Waals surface area contributed by atoms with E-state index >= 15 is 0 Å². The van der Waals surface area contributed by atoms with Crippen LogP contribution >= 0.6 is 0 Å². The first-order valence-electron chi connectivity index (χ1n) is 9.46. The van der Waals surface area contributed by atoms with Crippen molar-refractivity contribution in [3.05, 3.63) is 57.1 Å². The molecule has 0 atom stereocenters. The second-order valence-corrected chi connectivity index (χ2v) is 6.63. The van der Waals surface area contributed by atoms with Crippen LogP contribution in [0, 0.1) is 10.1 Å². The second kappa shape index (κ2) is 9.24. The van der Waals surface area contributed by atoms with Crippen molar-refractivity contribution in [3.63, 3.8) is 0 Å². The summed E-state index contributed by atoms with van der Waals surface area (Å²) in [5.41, 5.74) is 0.879. The smallest absolute Gasteiger partial charge is 0.345 e. The Morgan fingerprint density at radius 2 is 1.94 bits per heavy atom. The maximum absolute atomic E-state index is 12.5. The van der Waals surface area contributed by atoms with Gasteiger partial charge in [0.2, 0.25) is 5.91 Å². The molecular weight excluding hydrogens is 408 g/mol. The number of anilines is 1. The van der Waals surface area contributed by atoms with Gasteiger partial charge in [0.1, 0.15) is 5.56 Å². The van der Waals surface area contributed by atoms with Gasteiger partial charge in [0.05, 0.1) is 24.7 Å². The van der Waals surface area contributed by atoms with E-state index in [9.17, 15) is 24.5 Å². The molecule has 0 fully saturated rings. The lowest BCUT2D eigenvalue weighted by Crippen LogP contribution is -2.20. The molecule has 10 nitrogen and oxygen atoms in total. The van der Waals surface area contributed by atoms with E-state index < -0.39 is 29.0 Å². The largest absolute Gasteiger partial charge is 0.493 e. The summed E-state index contributed by atoms with van der Waals surface area (Å²) in [5.74, 6) is -1.36. The Morgan fingerprint density at radius 3 is 2.61 bits per heavy atom. The Morgan fingerprint density at radius 1 is 1.16 bits per heavy atom. The Kier molecular flexibility index (Phi) is 6.49. The first-order valence-corrected chi connectivity index (χ1v) is 9.46. The van der Waals surface area contributed by atoms with E-state index in [1.54, 1.807) is 19.1 Å². The highest BCUT2D eigenvalue weighted by Crippen LogP contribution is 2.35. The van der Waals surface area contributed by atoms with Crippen molar-refractivity contribution in [1.82, 2.24) is 0 Å². The first kappa shape index (κ1) is 21.8. The maximum Gasteiger partial charge on any atom is 0.345 e. The fourth-order valence-corrected chi connectivity index (χ4v) is 3.14.